The third-order valence-corrected chi connectivity index (χ3v) is 6.22. The summed E-state index contributed by atoms with van der Waals surface area (Å²) in [5.41, 5.74) is 0.189. The van der Waals surface area contributed by atoms with Crippen molar-refractivity contribution < 1.29 is 9.90 Å². The van der Waals surface area contributed by atoms with Crippen LogP contribution in [0.1, 0.15) is 64.7 Å². The van der Waals surface area contributed by atoms with Crippen LogP contribution in [-0.4, -0.2) is 35.1 Å². The van der Waals surface area contributed by atoms with Gasteiger partial charge in [-0.3, -0.25) is 9.69 Å². The number of rotatable bonds is 2. The van der Waals surface area contributed by atoms with E-state index in [0.717, 1.165) is 19.5 Å². The highest BCUT2D eigenvalue weighted by molar-refractivity contribution is 5.74. The molecule has 108 valence electrons. The molecule has 19 heavy (non-hydrogen) atoms. The topological polar surface area (TPSA) is 40.5 Å². The number of hydrogen-bond acceptors (Lipinski definition) is 2. The van der Waals surface area contributed by atoms with E-state index in [1.165, 1.54) is 51.4 Å². The average molecular weight is 265 g/mol. The van der Waals surface area contributed by atoms with Crippen molar-refractivity contribution in [3.05, 3.63) is 0 Å². The zero-order chi connectivity index (χ0) is 13.5. The highest BCUT2D eigenvalue weighted by atomic mass is 16.4. The molecule has 1 heterocycles. The molecular weight excluding hydrogens is 238 g/mol. The first-order valence-corrected chi connectivity index (χ1v) is 8.01. The second-order valence-corrected chi connectivity index (χ2v) is 7.52. The first-order valence-electron chi connectivity index (χ1n) is 8.01. The van der Waals surface area contributed by atoms with Crippen molar-refractivity contribution in [2.75, 3.05) is 13.1 Å². The number of carboxylic acids is 1. The van der Waals surface area contributed by atoms with Gasteiger partial charge in [0.05, 0.1) is 5.41 Å². The molecule has 3 nitrogen and oxygen atoms in total. The first kappa shape index (κ1) is 13.4. The number of nitrogens with zero attached hydrogens (tertiary/aromatic N) is 1. The Morgan fingerprint density at radius 2 is 1.74 bits per heavy atom. The number of aliphatic carboxylic acids is 1. The highest BCUT2D eigenvalue weighted by Crippen LogP contribution is 2.50. The SMILES string of the molecule is CC1(C(=O)O)CCN(C2CCC3(CCCC3)CC2)C1. The Labute approximate surface area is 116 Å². The van der Waals surface area contributed by atoms with Crippen LogP contribution in [0.3, 0.4) is 0 Å². The van der Waals surface area contributed by atoms with Crippen LogP contribution in [0, 0.1) is 10.8 Å². The van der Waals surface area contributed by atoms with Crippen molar-refractivity contribution in [2.45, 2.75) is 70.8 Å². The molecule has 1 atom stereocenters. The van der Waals surface area contributed by atoms with Crippen LogP contribution in [0.4, 0.5) is 0 Å². The van der Waals surface area contributed by atoms with Crippen molar-refractivity contribution in [2.24, 2.45) is 10.8 Å². The van der Waals surface area contributed by atoms with Gasteiger partial charge in [-0.05, 0) is 63.8 Å². The smallest absolute Gasteiger partial charge is 0.310 e. The van der Waals surface area contributed by atoms with Crippen LogP contribution in [0.15, 0.2) is 0 Å². The van der Waals surface area contributed by atoms with Crippen molar-refractivity contribution in [1.82, 2.24) is 4.90 Å². The molecule has 0 aromatic rings. The Balaban J connectivity index is 1.56. The quantitative estimate of drug-likeness (QED) is 0.833. The summed E-state index contributed by atoms with van der Waals surface area (Å²) in [5.74, 6) is -0.613. The third kappa shape index (κ3) is 2.42. The van der Waals surface area contributed by atoms with E-state index in [0.29, 0.717) is 11.5 Å². The number of likely N-dealkylation sites (tertiary alicyclic amines) is 1. The summed E-state index contributed by atoms with van der Waals surface area (Å²) in [4.78, 5) is 13.8. The molecule has 0 amide bonds. The summed E-state index contributed by atoms with van der Waals surface area (Å²) < 4.78 is 0. The Morgan fingerprint density at radius 3 is 2.26 bits per heavy atom. The molecule has 3 rings (SSSR count). The summed E-state index contributed by atoms with van der Waals surface area (Å²) in [6, 6.07) is 0.660. The minimum Gasteiger partial charge on any atom is -0.481 e. The maximum atomic E-state index is 11.3. The fourth-order valence-electron chi connectivity index (χ4n) is 4.69. The minimum atomic E-state index is -0.613. The molecule has 3 fully saturated rings. The Hall–Kier alpha value is -0.570. The largest absolute Gasteiger partial charge is 0.481 e. The summed E-state index contributed by atoms with van der Waals surface area (Å²) in [5, 5.41) is 9.33. The predicted molar refractivity (Wildman–Crippen MR) is 75.1 cm³/mol. The van der Waals surface area contributed by atoms with Crippen LogP contribution in [0.25, 0.3) is 0 Å². The van der Waals surface area contributed by atoms with Crippen LogP contribution in [0.2, 0.25) is 0 Å². The summed E-state index contributed by atoms with van der Waals surface area (Å²) in [6.07, 6.45) is 12.0. The molecule has 0 radical (unpaired) electrons. The van der Waals surface area contributed by atoms with E-state index in [4.69, 9.17) is 0 Å². The van der Waals surface area contributed by atoms with Crippen molar-refractivity contribution in [3.8, 4) is 0 Å². The monoisotopic (exact) mass is 265 g/mol. The lowest BCUT2D eigenvalue weighted by Crippen LogP contribution is -2.41. The zero-order valence-electron chi connectivity index (χ0n) is 12.2. The zero-order valence-corrected chi connectivity index (χ0v) is 12.2. The Morgan fingerprint density at radius 1 is 1.11 bits per heavy atom. The molecular formula is C16H27NO2. The van der Waals surface area contributed by atoms with Gasteiger partial charge in [0.1, 0.15) is 0 Å². The number of hydrogen-bond donors (Lipinski definition) is 1. The fourth-order valence-corrected chi connectivity index (χ4v) is 4.69. The van der Waals surface area contributed by atoms with Gasteiger partial charge >= 0.3 is 5.97 Å². The van der Waals surface area contributed by atoms with Gasteiger partial charge in [-0.15, -0.1) is 0 Å². The van der Waals surface area contributed by atoms with E-state index in [2.05, 4.69) is 4.90 Å². The van der Waals surface area contributed by atoms with Crippen molar-refractivity contribution in [3.63, 3.8) is 0 Å². The van der Waals surface area contributed by atoms with E-state index in [1.54, 1.807) is 0 Å². The van der Waals surface area contributed by atoms with Crippen LogP contribution >= 0.6 is 0 Å². The second kappa shape index (κ2) is 4.76. The predicted octanol–water partition coefficient (Wildman–Crippen LogP) is 3.29. The standard InChI is InChI=1S/C16H27NO2/c1-15(14(18)19)10-11-17(12-15)13-4-8-16(9-5-13)6-2-3-7-16/h13H,2-12H2,1H3,(H,18,19). The van der Waals surface area contributed by atoms with Crippen molar-refractivity contribution >= 4 is 5.97 Å². The van der Waals surface area contributed by atoms with Gasteiger partial charge < -0.3 is 5.11 Å². The van der Waals surface area contributed by atoms with E-state index in [9.17, 15) is 9.90 Å². The van der Waals surface area contributed by atoms with Crippen LogP contribution in [0.5, 0.6) is 0 Å². The summed E-state index contributed by atoms with van der Waals surface area (Å²) >= 11 is 0. The van der Waals surface area contributed by atoms with Gasteiger partial charge in [0.25, 0.3) is 0 Å². The van der Waals surface area contributed by atoms with E-state index in [1.807, 2.05) is 6.92 Å². The van der Waals surface area contributed by atoms with E-state index >= 15 is 0 Å². The lowest BCUT2D eigenvalue weighted by atomic mass is 9.71. The van der Waals surface area contributed by atoms with E-state index in [-0.39, 0.29) is 0 Å². The van der Waals surface area contributed by atoms with Crippen LogP contribution < -0.4 is 0 Å². The minimum absolute atomic E-state index is 0.498. The Bertz CT molecular complexity index is 352. The molecule has 1 unspecified atom stereocenters. The molecule has 0 bridgehead atoms. The maximum Gasteiger partial charge on any atom is 0.310 e. The van der Waals surface area contributed by atoms with E-state index < -0.39 is 11.4 Å². The maximum absolute atomic E-state index is 11.3. The molecule has 1 aliphatic heterocycles. The van der Waals surface area contributed by atoms with Gasteiger partial charge in [0.15, 0.2) is 0 Å². The molecule has 1 spiro atoms. The summed E-state index contributed by atoms with van der Waals surface area (Å²) in [7, 11) is 0. The molecule has 3 heteroatoms. The van der Waals surface area contributed by atoms with Gasteiger partial charge in [-0.1, -0.05) is 12.8 Å². The summed E-state index contributed by atoms with van der Waals surface area (Å²) in [6.45, 7) is 3.66. The molecule has 3 aliphatic rings. The average Bonchev–Trinajstić information content (AvgIpc) is 2.99. The van der Waals surface area contributed by atoms with Crippen molar-refractivity contribution in [1.29, 1.82) is 0 Å². The lowest BCUT2D eigenvalue weighted by Gasteiger charge is -2.41. The molecule has 0 aromatic carbocycles. The number of carboxylic acid groups (broad SMARTS) is 1. The van der Waals surface area contributed by atoms with Gasteiger partial charge in [0, 0.05) is 12.6 Å². The lowest BCUT2D eigenvalue weighted by molar-refractivity contribution is -0.147. The molecule has 2 aliphatic carbocycles. The van der Waals surface area contributed by atoms with Crippen LogP contribution in [-0.2, 0) is 4.79 Å². The second-order valence-electron chi connectivity index (χ2n) is 7.52. The molecule has 0 aromatic heterocycles. The number of carbonyl (C=O) groups is 1. The normalized spacial score (nSPS) is 36.1. The van der Waals surface area contributed by atoms with Gasteiger partial charge in [-0.25, -0.2) is 0 Å². The molecule has 1 N–H and O–H groups in total. The Kier molecular flexibility index (Phi) is 3.36. The molecule has 2 saturated carbocycles. The third-order valence-electron chi connectivity index (χ3n) is 6.22. The fraction of sp³-hybridized carbons (Fsp3) is 0.938. The van der Waals surface area contributed by atoms with Gasteiger partial charge in [0.2, 0.25) is 0 Å². The molecule has 1 saturated heterocycles. The highest BCUT2D eigenvalue weighted by Gasteiger charge is 2.45. The van der Waals surface area contributed by atoms with Gasteiger partial charge in [-0.2, -0.15) is 0 Å². The first-order chi connectivity index (χ1) is 9.03.